The van der Waals surface area contributed by atoms with Gasteiger partial charge in [0.05, 0.1) is 6.42 Å². The van der Waals surface area contributed by atoms with Crippen molar-refractivity contribution in [2.45, 2.75) is 51.7 Å². The zero-order valence-electron chi connectivity index (χ0n) is 19.5. The van der Waals surface area contributed by atoms with E-state index >= 15 is 0 Å². The van der Waals surface area contributed by atoms with Gasteiger partial charge in [-0.25, -0.2) is 0 Å². The average Bonchev–Trinajstić information content (AvgIpc) is 2.81. The van der Waals surface area contributed by atoms with Gasteiger partial charge in [-0.15, -0.1) is 0 Å². The van der Waals surface area contributed by atoms with Crippen molar-refractivity contribution in [3.63, 3.8) is 0 Å². The van der Waals surface area contributed by atoms with E-state index in [1.165, 1.54) is 0 Å². The van der Waals surface area contributed by atoms with Gasteiger partial charge in [0.15, 0.2) is 0 Å². The molecule has 2 atom stereocenters. The first-order chi connectivity index (χ1) is 16.4. The topological polar surface area (TPSA) is 49.4 Å². The molecule has 178 valence electrons. The Bertz CT molecular complexity index is 1110. The molecule has 6 heteroatoms. The SMILES string of the molecule is CCC(C)NC(=O)C(Cc1ccccc1)N(Cc1cccc(Br)c1)C(=O)Cc1cccc(Cl)c1. The largest absolute Gasteiger partial charge is 0.352 e. The van der Waals surface area contributed by atoms with Gasteiger partial charge in [-0.3, -0.25) is 9.59 Å². The van der Waals surface area contributed by atoms with Gasteiger partial charge in [0, 0.05) is 28.5 Å². The van der Waals surface area contributed by atoms with Crippen molar-refractivity contribution in [2.24, 2.45) is 0 Å². The summed E-state index contributed by atoms with van der Waals surface area (Å²) < 4.78 is 0.927. The lowest BCUT2D eigenvalue weighted by atomic mass is 10.0. The first kappa shape index (κ1) is 26.0. The quantitative estimate of drug-likeness (QED) is 0.332. The average molecular weight is 542 g/mol. The number of carbonyl (C=O) groups excluding carboxylic acids is 2. The molecule has 3 aromatic carbocycles. The first-order valence-electron chi connectivity index (χ1n) is 11.5. The van der Waals surface area contributed by atoms with Crippen LogP contribution in [0.2, 0.25) is 5.02 Å². The predicted molar refractivity (Wildman–Crippen MR) is 142 cm³/mol. The molecule has 1 N–H and O–H groups in total. The molecule has 0 fully saturated rings. The molecule has 0 aliphatic carbocycles. The van der Waals surface area contributed by atoms with Crippen LogP contribution in [0.1, 0.15) is 37.0 Å². The summed E-state index contributed by atoms with van der Waals surface area (Å²) in [6, 6.07) is 24.3. The van der Waals surface area contributed by atoms with E-state index in [4.69, 9.17) is 11.6 Å². The lowest BCUT2D eigenvalue weighted by Gasteiger charge is -2.32. The van der Waals surface area contributed by atoms with Crippen molar-refractivity contribution in [1.29, 1.82) is 0 Å². The monoisotopic (exact) mass is 540 g/mol. The molecule has 3 rings (SSSR count). The maximum absolute atomic E-state index is 13.7. The Hall–Kier alpha value is -2.63. The second kappa shape index (κ2) is 12.7. The van der Waals surface area contributed by atoms with Crippen LogP contribution in [0, 0.1) is 0 Å². The third kappa shape index (κ3) is 7.71. The molecule has 0 heterocycles. The molecule has 0 aliphatic heterocycles. The van der Waals surface area contributed by atoms with E-state index < -0.39 is 6.04 Å². The lowest BCUT2D eigenvalue weighted by molar-refractivity contribution is -0.141. The molecule has 4 nitrogen and oxygen atoms in total. The van der Waals surface area contributed by atoms with Crippen molar-refractivity contribution in [1.82, 2.24) is 10.2 Å². The normalized spacial score (nSPS) is 12.6. The van der Waals surface area contributed by atoms with Crippen LogP contribution in [-0.2, 0) is 29.0 Å². The molecule has 2 unspecified atom stereocenters. The number of hydrogen-bond acceptors (Lipinski definition) is 2. The number of amides is 2. The van der Waals surface area contributed by atoms with E-state index in [1.54, 1.807) is 17.0 Å². The fourth-order valence-electron chi connectivity index (χ4n) is 3.75. The van der Waals surface area contributed by atoms with Gasteiger partial charge in [0.1, 0.15) is 6.04 Å². The summed E-state index contributed by atoms with van der Waals surface area (Å²) >= 11 is 9.67. The van der Waals surface area contributed by atoms with E-state index in [9.17, 15) is 9.59 Å². The number of nitrogens with zero attached hydrogens (tertiary/aromatic N) is 1. The molecule has 0 bridgehead atoms. The summed E-state index contributed by atoms with van der Waals surface area (Å²) in [6.07, 6.45) is 1.40. The molecule has 0 saturated heterocycles. The lowest BCUT2D eigenvalue weighted by Crippen LogP contribution is -2.52. The van der Waals surface area contributed by atoms with Crippen LogP contribution in [0.3, 0.4) is 0 Å². The molecule has 0 radical (unpaired) electrons. The Labute approximate surface area is 215 Å². The highest BCUT2D eigenvalue weighted by Gasteiger charge is 2.31. The Morgan fingerprint density at radius 1 is 0.941 bits per heavy atom. The number of rotatable bonds is 10. The summed E-state index contributed by atoms with van der Waals surface area (Å²) in [5.74, 6) is -0.268. The van der Waals surface area contributed by atoms with E-state index in [1.807, 2.05) is 80.6 Å². The van der Waals surface area contributed by atoms with Crippen LogP contribution in [0.15, 0.2) is 83.3 Å². The van der Waals surface area contributed by atoms with E-state index in [0.717, 1.165) is 27.6 Å². The second-order valence-corrected chi connectivity index (χ2v) is 9.83. The molecule has 2 amide bonds. The van der Waals surface area contributed by atoms with Crippen molar-refractivity contribution >= 4 is 39.3 Å². The molecule has 0 saturated carbocycles. The maximum atomic E-state index is 13.7. The smallest absolute Gasteiger partial charge is 0.243 e. The zero-order chi connectivity index (χ0) is 24.5. The van der Waals surface area contributed by atoms with Crippen LogP contribution in [0.4, 0.5) is 0 Å². The van der Waals surface area contributed by atoms with Crippen molar-refractivity contribution in [3.05, 3.63) is 105 Å². The molecule has 0 aromatic heterocycles. The van der Waals surface area contributed by atoms with Gasteiger partial charge in [-0.05, 0) is 54.3 Å². The molecule has 0 spiro atoms. The van der Waals surface area contributed by atoms with Gasteiger partial charge in [-0.2, -0.15) is 0 Å². The van der Waals surface area contributed by atoms with Crippen molar-refractivity contribution in [3.8, 4) is 0 Å². The van der Waals surface area contributed by atoms with Crippen LogP contribution < -0.4 is 5.32 Å². The van der Waals surface area contributed by atoms with Crippen molar-refractivity contribution < 1.29 is 9.59 Å². The Morgan fingerprint density at radius 2 is 1.62 bits per heavy atom. The minimum atomic E-state index is -0.651. The standard InChI is InChI=1S/C28H30BrClN2O2/c1-3-20(2)31-28(34)26(17-21-9-5-4-6-10-21)32(19-23-12-7-13-24(29)15-23)27(33)18-22-11-8-14-25(30)16-22/h4-16,20,26H,3,17-19H2,1-2H3,(H,31,34). The molecular formula is C28H30BrClN2O2. The summed E-state index contributed by atoms with van der Waals surface area (Å²) in [5, 5.41) is 3.67. The van der Waals surface area contributed by atoms with Crippen molar-refractivity contribution in [2.75, 3.05) is 0 Å². The van der Waals surface area contributed by atoms with E-state index in [-0.39, 0.29) is 24.3 Å². The van der Waals surface area contributed by atoms with Gasteiger partial charge in [0.2, 0.25) is 11.8 Å². The Balaban J connectivity index is 1.97. The van der Waals surface area contributed by atoms with Gasteiger partial charge < -0.3 is 10.2 Å². The number of halogens is 2. The minimum absolute atomic E-state index is 0.0153. The van der Waals surface area contributed by atoms with Crippen LogP contribution in [0.5, 0.6) is 0 Å². The Morgan fingerprint density at radius 3 is 2.29 bits per heavy atom. The summed E-state index contributed by atoms with van der Waals surface area (Å²) in [5.41, 5.74) is 2.77. The Kier molecular flexibility index (Phi) is 9.73. The summed E-state index contributed by atoms with van der Waals surface area (Å²) in [4.78, 5) is 28.9. The molecule has 0 aliphatic rings. The fraction of sp³-hybridized carbons (Fsp3) is 0.286. The van der Waals surface area contributed by atoms with Crippen LogP contribution in [-0.4, -0.2) is 28.8 Å². The first-order valence-corrected chi connectivity index (χ1v) is 12.7. The zero-order valence-corrected chi connectivity index (χ0v) is 21.9. The molecule has 34 heavy (non-hydrogen) atoms. The maximum Gasteiger partial charge on any atom is 0.243 e. The minimum Gasteiger partial charge on any atom is -0.352 e. The highest BCUT2D eigenvalue weighted by molar-refractivity contribution is 9.10. The number of benzene rings is 3. The number of hydrogen-bond donors (Lipinski definition) is 1. The third-order valence-corrected chi connectivity index (χ3v) is 6.49. The highest BCUT2D eigenvalue weighted by atomic mass is 79.9. The fourth-order valence-corrected chi connectivity index (χ4v) is 4.41. The number of nitrogens with one attached hydrogen (secondary N) is 1. The second-order valence-electron chi connectivity index (χ2n) is 8.48. The van der Waals surface area contributed by atoms with Crippen LogP contribution >= 0.6 is 27.5 Å². The summed E-state index contributed by atoms with van der Waals surface area (Å²) in [7, 11) is 0. The number of carbonyl (C=O) groups is 2. The van der Waals surface area contributed by atoms with Crippen LogP contribution in [0.25, 0.3) is 0 Å². The van der Waals surface area contributed by atoms with Gasteiger partial charge in [-0.1, -0.05) is 89.1 Å². The van der Waals surface area contributed by atoms with E-state index in [0.29, 0.717) is 18.0 Å². The molecular weight excluding hydrogens is 512 g/mol. The molecule has 3 aromatic rings. The highest BCUT2D eigenvalue weighted by Crippen LogP contribution is 2.20. The van der Waals surface area contributed by atoms with E-state index in [2.05, 4.69) is 21.2 Å². The third-order valence-electron chi connectivity index (χ3n) is 5.76. The van der Waals surface area contributed by atoms with Gasteiger partial charge >= 0.3 is 0 Å². The predicted octanol–water partition coefficient (Wildman–Crippen LogP) is 6.20. The summed E-state index contributed by atoms with van der Waals surface area (Å²) in [6.45, 7) is 4.33. The van der Waals surface area contributed by atoms with Gasteiger partial charge in [0.25, 0.3) is 0 Å².